The Morgan fingerprint density at radius 1 is 1.36 bits per heavy atom. The molecule has 0 N–H and O–H groups in total. The van der Waals surface area contributed by atoms with Gasteiger partial charge in [0.15, 0.2) is 0 Å². The lowest BCUT2D eigenvalue weighted by atomic mass is 10.2. The molecule has 1 saturated heterocycles. The first-order valence-electron chi connectivity index (χ1n) is 5.13. The molecule has 0 spiro atoms. The molecule has 0 amide bonds. The molecular formula is C11H20O2Si. The number of esters is 1. The third kappa shape index (κ3) is 2.26. The van der Waals surface area contributed by atoms with Crippen LogP contribution < -0.4 is 0 Å². The fourth-order valence-electron chi connectivity index (χ4n) is 1.23. The van der Waals surface area contributed by atoms with Crippen molar-refractivity contribution in [2.45, 2.75) is 45.3 Å². The van der Waals surface area contributed by atoms with Crippen LogP contribution in [-0.4, -0.2) is 20.7 Å². The fourth-order valence-corrected chi connectivity index (χ4v) is 2.80. The number of ether oxygens (including phenoxy) is 1. The van der Waals surface area contributed by atoms with E-state index >= 15 is 0 Å². The molecule has 1 aliphatic rings. The van der Waals surface area contributed by atoms with Crippen molar-refractivity contribution in [1.82, 2.24) is 0 Å². The summed E-state index contributed by atoms with van der Waals surface area (Å²) < 4.78 is 4.94. The molecule has 14 heavy (non-hydrogen) atoms. The van der Waals surface area contributed by atoms with Crippen LogP contribution in [0.1, 0.15) is 27.2 Å². The highest BCUT2D eigenvalue weighted by atomic mass is 28.3. The zero-order chi connectivity index (χ0) is 11.0. The van der Waals surface area contributed by atoms with Gasteiger partial charge in [-0.15, -0.1) is 0 Å². The van der Waals surface area contributed by atoms with Gasteiger partial charge in [0.1, 0.15) is 0 Å². The molecule has 0 aromatic rings. The summed E-state index contributed by atoms with van der Waals surface area (Å²) in [4.78, 5) is 11.3. The first-order valence-corrected chi connectivity index (χ1v) is 8.21. The molecule has 3 heteroatoms. The molecule has 80 valence electrons. The lowest BCUT2D eigenvalue weighted by molar-refractivity contribution is -0.135. The molecular weight excluding hydrogens is 192 g/mol. The average Bonchev–Trinajstić information content (AvgIpc) is 2.33. The van der Waals surface area contributed by atoms with E-state index in [0.29, 0.717) is 11.6 Å². The van der Waals surface area contributed by atoms with Crippen LogP contribution in [0, 0.1) is 0 Å². The van der Waals surface area contributed by atoms with Crippen molar-refractivity contribution in [3.8, 4) is 0 Å². The van der Waals surface area contributed by atoms with Gasteiger partial charge in [0.2, 0.25) is 0 Å². The normalized spacial score (nSPS) is 21.5. The number of cyclic esters (lactones) is 1. The average molecular weight is 212 g/mol. The molecule has 0 bridgehead atoms. The van der Waals surface area contributed by atoms with Gasteiger partial charge >= 0.3 is 5.97 Å². The predicted molar refractivity (Wildman–Crippen MR) is 60.9 cm³/mol. The van der Waals surface area contributed by atoms with Gasteiger partial charge in [-0.1, -0.05) is 39.6 Å². The van der Waals surface area contributed by atoms with Crippen LogP contribution in [0.3, 0.4) is 0 Å². The summed E-state index contributed by atoms with van der Waals surface area (Å²) in [6.45, 7) is 11.9. The van der Waals surface area contributed by atoms with E-state index in [2.05, 4.69) is 39.6 Å². The second-order valence-electron chi connectivity index (χ2n) is 5.53. The molecule has 0 aliphatic carbocycles. The van der Waals surface area contributed by atoms with Gasteiger partial charge < -0.3 is 4.74 Å². The van der Waals surface area contributed by atoms with Crippen LogP contribution in [0.15, 0.2) is 11.3 Å². The van der Waals surface area contributed by atoms with Crippen LogP contribution in [0.4, 0.5) is 0 Å². The summed E-state index contributed by atoms with van der Waals surface area (Å²) in [6.07, 6.45) is 0.797. The van der Waals surface area contributed by atoms with E-state index in [1.807, 2.05) is 0 Å². The molecule has 0 aromatic carbocycles. The monoisotopic (exact) mass is 212 g/mol. The summed E-state index contributed by atoms with van der Waals surface area (Å²) in [7, 11) is -1.47. The lowest BCUT2D eigenvalue weighted by Crippen LogP contribution is -2.35. The van der Waals surface area contributed by atoms with Crippen molar-refractivity contribution in [2.24, 2.45) is 0 Å². The SMILES string of the molecule is CC(C)(C)[Si](C)(C)/C=C1\CCOC1=O. The van der Waals surface area contributed by atoms with E-state index in [0.717, 1.165) is 12.0 Å². The number of carbonyl (C=O) groups excluding carboxylic acids is 1. The fraction of sp³-hybridized carbons (Fsp3) is 0.727. The van der Waals surface area contributed by atoms with Gasteiger partial charge in [-0.3, -0.25) is 0 Å². The quantitative estimate of drug-likeness (QED) is 0.379. The van der Waals surface area contributed by atoms with E-state index < -0.39 is 8.07 Å². The van der Waals surface area contributed by atoms with Crippen molar-refractivity contribution >= 4 is 14.0 Å². The van der Waals surface area contributed by atoms with Crippen molar-refractivity contribution in [1.29, 1.82) is 0 Å². The Labute approximate surface area is 87.3 Å². The van der Waals surface area contributed by atoms with Crippen LogP contribution in [0.2, 0.25) is 18.1 Å². The highest BCUT2D eigenvalue weighted by molar-refractivity contribution is 6.85. The maximum absolute atomic E-state index is 11.3. The Balaban J connectivity index is 2.90. The standard InChI is InChI=1S/C11H20O2Si/c1-11(2,3)14(4,5)8-9-6-7-13-10(9)12/h8H,6-7H2,1-5H3/b9-8+. The van der Waals surface area contributed by atoms with Gasteiger partial charge in [-0.2, -0.15) is 0 Å². The number of hydrogen-bond acceptors (Lipinski definition) is 2. The van der Waals surface area contributed by atoms with Gasteiger partial charge in [-0.05, 0) is 5.04 Å². The zero-order valence-electron chi connectivity index (χ0n) is 9.81. The minimum Gasteiger partial charge on any atom is -0.462 e. The van der Waals surface area contributed by atoms with E-state index in [-0.39, 0.29) is 5.97 Å². The molecule has 0 saturated carbocycles. The Morgan fingerprint density at radius 3 is 2.29 bits per heavy atom. The summed E-state index contributed by atoms with van der Waals surface area (Å²) in [5.41, 5.74) is 3.11. The van der Waals surface area contributed by atoms with E-state index in [9.17, 15) is 4.79 Å². The molecule has 1 heterocycles. The minimum absolute atomic E-state index is 0.102. The lowest BCUT2D eigenvalue weighted by Gasteiger charge is -2.34. The Hall–Kier alpha value is -0.573. The first kappa shape index (κ1) is 11.5. The first-order chi connectivity index (χ1) is 6.24. The van der Waals surface area contributed by atoms with Gasteiger partial charge in [0.25, 0.3) is 0 Å². The molecule has 1 aliphatic heterocycles. The molecule has 0 atom stereocenters. The maximum atomic E-state index is 11.3. The van der Waals surface area contributed by atoms with Crippen molar-refractivity contribution in [2.75, 3.05) is 6.61 Å². The Kier molecular flexibility index (Phi) is 2.90. The topological polar surface area (TPSA) is 26.3 Å². The minimum atomic E-state index is -1.47. The summed E-state index contributed by atoms with van der Waals surface area (Å²) in [6, 6.07) is 0. The van der Waals surface area contributed by atoms with Gasteiger partial charge in [0.05, 0.1) is 14.7 Å². The maximum Gasteiger partial charge on any atom is 0.333 e. The third-order valence-corrected chi connectivity index (χ3v) is 8.27. The van der Waals surface area contributed by atoms with Crippen LogP contribution in [0.5, 0.6) is 0 Å². The Morgan fingerprint density at radius 2 is 1.93 bits per heavy atom. The van der Waals surface area contributed by atoms with Crippen LogP contribution >= 0.6 is 0 Å². The largest absolute Gasteiger partial charge is 0.462 e. The summed E-state index contributed by atoms with van der Waals surface area (Å²) >= 11 is 0. The highest BCUT2D eigenvalue weighted by Crippen LogP contribution is 2.38. The van der Waals surface area contributed by atoms with E-state index in [4.69, 9.17) is 4.74 Å². The molecule has 2 nitrogen and oxygen atoms in total. The Bertz CT molecular complexity index is 272. The predicted octanol–water partition coefficient (Wildman–Crippen LogP) is 2.91. The van der Waals surface area contributed by atoms with Crippen molar-refractivity contribution in [3.63, 3.8) is 0 Å². The third-order valence-electron chi connectivity index (χ3n) is 3.33. The van der Waals surface area contributed by atoms with Crippen molar-refractivity contribution < 1.29 is 9.53 Å². The number of rotatable bonds is 1. The van der Waals surface area contributed by atoms with Gasteiger partial charge in [0, 0.05) is 12.0 Å². The molecule has 1 rings (SSSR count). The molecule has 0 unspecified atom stereocenters. The zero-order valence-corrected chi connectivity index (χ0v) is 10.8. The number of carbonyl (C=O) groups is 1. The molecule has 0 aromatic heterocycles. The number of hydrogen-bond donors (Lipinski definition) is 0. The van der Waals surface area contributed by atoms with Crippen molar-refractivity contribution in [3.05, 3.63) is 11.3 Å². The van der Waals surface area contributed by atoms with E-state index in [1.54, 1.807) is 0 Å². The molecule has 0 radical (unpaired) electrons. The van der Waals surface area contributed by atoms with Gasteiger partial charge in [-0.25, -0.2) is 4.79 Å². The second-order valence-corrected chi connectivity index (χ2v) is 10.8. The van der Waals surface area contributed by atoms with E-state index in [1.165, 1.54) is 0 Å². The van der Waals surface area contributed by atoms with Crippen LogP contribution in [-0.2, 0) is 9.53 Å². The smallest absolute Gasteiger partial charge is 0.333 e. The summed E-state index contributed by atoms with van der Waals surface area (Å²) in [5.74, 6) is -0.102. The van der Waals surface area contributed by atoms with Crippen LogP contribution in [0.25, 0.3) is 0 Å². The summed E-state index contributed by atoms with van der Waals surface area (Å²) in [5, 5.41) is 0.295. The molecule has 1 fully saturated rings. The highest BCUT2D eigenvalue weighted by Gasteiger charge is 2.35. The second kappa shape index (κ2) is 3.53.